The molecule has 1 aliphatic rings. The Bertz CT molecular complexity index is 1120. The minimum Gasteiger partial charge on any atom is -0.353 e. The Morgan fingerprint density at radius 1 is 1.18 bits per heavy atom. The quantitative estimate of drug-likeness (QED) is 0.561. The molecule has 0 radical (unpaired) electrons. The van der Waals surface area contributed by atoms with E-state index in [4.69, 9.17) is 0 Å². The normalized spacial score (nSPS) is 16.6. The zero-order valence-corrected chi connectivity index (χ0v) is 18.8. The fourth-order valence-corrected chi connectivity index (χ4v) is 3.94. The van der Waals surface area contributed by atoms with Gasteiger partial charge in [-0.05, 0) is 24.1 Å². The predicted octanol–water partition coefficient (Wildman–Crippen LogP) is 2.70. The topological polar surface area (TPSA) is 79.3 Å². The minimum atomic E-state index is -0.478. The molecule has 2 aromatic carbocycles. The lowest BCUT2D eigenvalue weighted by Crippen LogP contribution is -2.56. The van der Waals surface area contributed by atoms with E-state index in [-0.39, 0.29) is 18.2 Å². The van der Waals surface area contributed by atoms with Crippen LogP contribution < -0.4 is 10.6 Å². The number of nitrogens with zero attached hydrogens (tertiary/aromatic N) is 3. The van der Waals surface area contributed by atoms with Gasteiger partial charge in [-0.2, -0.15) is 5.10 Å². The monoisotopic (exact) mass is 443 g/mol. The van der Waals surface area contributed by atoms with E-state index in [1.807, 2.05) is 89.5 Å². The second-order valence-corrected chi connectivity index (χ2v) is 8.18. The third-order valence-corrected chi connectivity index (χ3v) is 5.76. The highest BCUT2D eigenvalue weighted by Gasteiger charge is 2.30. The first-order chi connectivity index (χ1) is 16.1. The van der Waals surface area contributed by atoms with Gasteiger partial charge in [0.25, 0.3) is 0 Å². The van der Waals surface area contributed by atoms with Gasteiger partial charge < -0.3 is 10.6 Å². The van der Waals surface area contributed by atoms with Gasteiger partial charge in [-0.25, -0.2) is 4.68 Å². The van der Waals surface area contributed by atoms with Crippen molar-refractivity contribution in [2.45, 2.75) is 25.9 Å². The van der Waals surface area contributed by atoms with Crippen LogP contribution in [0.15, 0.2) is 73.1 Å². The molecule has 3 aromatic rings. The molecule has 7 heteroatoms. The number of carbonyl (C=O) groups is 2. The van der Waals surface area contributed by atoms with E-state index in [1.165, 1.54) is 0 Å². The molecule has 2 amide bonds. The largest absolute Gasteiger partial charge is 0.353 e. The second-order valence-electron chi connectivity index (χ2n) is 8.18. The number of rotatable bonds is 8. The number of benzene rings is 2. The van der Waals surface area contributed by atoms with Gasteiger partial charge in [-0.15, -0.1) is 0 Å². The maximum absolute atomic E-state index is 12.6. The molecule has 1 atom stereocenters. The highest BCUT2D eigenvalue weighted by Crippen LogP contribution is 2.14. The first kappa shape index (κ1) is 22.5. The van der Waals surface area contributed by atoms with Crippen molar-refractivity contribution in [1.29, 1.82) is 0 Å². The summed E-state index contributed by atoms with van der Waals surface area (Å²) in [6, 6.07) is 17.6. The van der Waals surface area contributed by atoms with Crippen molar-refractivity contribution >= 4 is 17.9 Å². The molecule has 0 spiro atoms. The number of nitrogens with one attached hydrogen (secondary N) is 2. The van der Waals surface area contributed by atoms with Crippen LogP contribution in [0.5, 0.6) is 0 Å². The van der Waals surface area contributed by atoms with E-state index in [9.17, 15) is 9.59 Å². The summed E-state index contributed by atoms with van der Waals surface area (Å²) in [7, 11) is 0. The molecule has 1 unspecified atom stereocenters. The second kappa shape index (κ2) is 10.7. The zero-order valence-electron chi connectivity index (χ0n) is 18.8. The zero-order chi connectivity index (χ0) is 23.0. The van der Waals surface area contributed by atoms with Crippen molar-refractivity contribution in [3.05, 3.63) is 89.8 Å². The number of piperazine rings is 1. The van der Waals surface area contributed by atoms with Crippen LogP contribution in [-0.2, 0) is 16.1 Å². The van der Waals surface area contributed by atoms with Gasteiger partial charge >= 0.3 is 0 Å². The number of hydrogen-bond acceptors (Lipinski definition) is 4. The average molecular weight is 444 g/mol. The summed E-state index contributed by atoms with van der Waals surface area (Å²) in [6.45, 7) is 4.32. The number of carbonyl (C=O) groups excluding carboxylic acids is 2. The van der Waals surface area contributed by atoms with Gasteiger partial charge in [0.05, 0.1) is 24.3 Å². The minimum absolute atomic E-state index is 0.100. The first-order valence-corrected chi connectivity index (χ1v) is 11.2. The number of aryl methyl sites for hydroxylation is 1. The Morgan fingerprint density at radius 3 is 2.79 bits per heavy atom. The van der Waals surface area contributed by atoms with Gasteiger partial charge in [0.15, 0.2) is 0 Å². The van der Waals surface area contributed by atoms with Crippen LogP contribution >= 0.6 is 0 Å². The van der Waals surface area contributed by atoms with Crippen molar-refractivity contribution in [1.82, 2.24) is 25.3 Å². The fourth-order valence-electron chi connectivity index (χ4n) is 3.94. The Balaban J connectivity index is 1.32. The summed E-state index contributed by atoms with van der Waals surface area (Å²) in [5, 5.41) is 10.2. The summed E-state index contributed by atoms with van der Waals surface area (Å²) in [5.41, 5.74) is 4.15. The molecule has 1 saturated heterocycles. The van der Waals surface area contributed by atoms with Crippen LogP contribution in [0.2, 0.25) is 0 Å². The van der Waals surface area contributed by atoms with Crippen molar-refractivity contribution < 1.29 is 9.59 Å². The van der Waals surface area contributed by atoms with E-state index in [0.717, 1.165) is 22.4 Å². The number of aromatic nitrogens is 2. The lowest BCUT2D eigenvalue weighted by molar-refractivity contribution is -0.133. The molecule has 2 N–H and O–H groups in total. The number of hydrogen-bond donors (Lipinski definition) is 2. The fraction of sp³-hybridized carbons (Fsp3) is 0.269. The van der Waals surface area contributed by atoms with Gasteiger partial charge in [0.1, 0.15) is 0 Å². The number of amides is 2. The van der Waals surface area contributed by atoms with Crippen LogP contribution in [0.25, 0.3) is 11.8 Å². The summed E-state index contributed by atoms with van der Waals surface area (Å²) in [6.07, 6.45) is 7.86. The Hall–Kier alpha value is -3.71. The molecule has 2 heterocycles. The van der Waals surface area contributed by atoms with E-state index in [1.54, 1.807) is 6.20 Å². The van der Waals surface area contributed by atoms with E-state index in [2.05, 4.69) is 15.7 Å². The van der Waals surface area contributed by atoms with Gasteiger partial charge in [-0.3, -0.25) is 14.5 Å². The maximum Gasteiger partial charge on any atom is 0.237 e. The van der Waals surface area contributed by atoms with E-state index in [0.29, 0.717) is 26.2 Å². The Kier molecular flexibility index (Phi) is 7.32. The third-order valence-electron chi connectivity index (χ3n) is 5.76. The molecule has 1 aliphatic heterocycles. The molecule has 33 heavy (non-hydrogen) atoms. The van der Waals surface area contributed by atoms with Crippen LogP contribution in [0.1, 0.15) is 23.1 Å². The smallest absolute Gasteiger partial charge is 0.237 e. The van der Waals surface area contributed by atoms with Crippen molar-refractivity contribution in [2.75, 3.05) is 19.6 Å². The summed E-state index contributed by atoms with van der Waals surface area (Å²) >= 11 is 0. The Labute approximate surface area is 194 Å². The van der Waals surface area contributed by atoms with Crippen molar-refractivity contribution in [3.63, 3.8) is 0 Å². The van der Waals surface area contributed by atoms with Crippen LogP contribution in [0.3, 0.4) is 0 Å². The maximum atomic E-state index is 12.6. The van der Waals surface area contributed by atoms with E-state index < -0.39 is 6.04 Å². The number of para-hydroxylation sites is 1. The standard InChI is InChI=1S/C26H29N5O2/c1-20-8-5-6-12-23(20)31-19-22(18-29-31)17-28-25(32)16-24-26(33)27-13-15-30(24)14-7-11-21-9-3-2-4-10-21/h2-12,18-19,24H,13-17H2,1H3,(H,27,33)(H,28,32)/b11-7+. The SMILES string of the molecule is Cc1ccccc1-n1cc(CNC(=O)CC2C(=O)NCCN2C/C=C/c2ccccc2)cn1. The third kappa shape index (κ3) is 5.96. The lowest BCUT2D eigenvalue weighted by Gasteiger charge is -2.33. The van der Waals surface area contributed by atoms with Crippen LogP contribution in [0, 0.1) is 6.92 Å². The van der Waals surface area contributed by atoms with Crippen LogP contribution in [0.4, 0.5) is 0 Å². The molecular weight excluding hydrogens is 414 g/mol. The molecule has 1 fully saturated rings. The summed E-state index contributed by atoms with van der Waals surface area (Å²) < 4.78 is 1.81. The highest BCUT2D eigenvalue weighted by atomic mass is 16.2. The molecule has 170 valence electrons. The lowest BCUT2D eigenvalue weighted by atomic mass is 10.1. The predicted molar refractivity (Wildman–Crippen MR) is 129 cm³/mol. The molecule has 7 nitrogen and oxygen atoms in total. The molecule has 0 aliphatic carbocycles. The first-order valence-electron chi connectivity index (χ1n) is 11.2. The summed E-state index contributed by atoms with van der Waals surface area (Å²) in [4.78, 5) is 27.2. The van der Waals surface area contributed by atoms with Gasteiger partial charge in [0, 0.05) is 37.9 Å². The van der Waals surface area contributed by atoms with Gasteiger partial charge in [0.2, 0.25) is 11.8 Å². The molecular formula is C26H29N5O2. The average Bonchev–Trinajstić information content (AvgIpc) is 3.30. The molecule has 4 rings (SSSR count). The van der Waals surface area contributed by atoms with Crippen LogP contribution in [-0.4, -0.2) is 52.2 Å². The van der Waals surface area contributed by atoms with Crippen molar-refractivity contribution in [3.8, 4) is 5.69 Å². The highest BCUT2D eigenvalue weighted by molar-refractivity contribution is 5.88. The summed E-state index contributed by atoms with van der Waals surface area (Å²) in [5.74, 6) is -0.255. The Morgan fingerprint density at radius 2 is 1.97 bits per heavy atom. The molecule has 0 saturated carbocycles. The van der Waals surface area contributed by atoms with Gasteiger partial charge in [-0.1, -0.05) is 60.7 Å². The molecule has 1 aromatic heterocycles. The van der Waals surface area contributed by atoms with Crippen molar-refractivity contribution in [2.24, 2.45) is 0 Å². The molecule has 0 bridgehead atoms. The van der Waals surface area contributed by atoms with E-state index >= 15 is 0 Å².